The summed E-state index contributed by atoms with van der Waals surface area (Å²) in [5.74, 6) is 0. The Balaban J connectivity index is 1.74. The minimum absolute atomic E-state index is 0.289. The number of benzene rings is 1. The van der Waals surface area contributed by atoms with Crippen molar-refractivity contribution in [1.29, 1.82) is 0 Å². The van der Waals surface area contributed by atoms with Crippen molar-refractivity contribution < 1.29 is 24.4 Å². The first-order valence-electron chi connectivity index (χ1n) is 7.17. The average Bonchev–Trinajstić information content (AvgIpc) is 2.51. The predicted molar refractivity (Wildman–Crippen MR) is 74.3 cm³/mol. The highest BCUT2D eigenvalue weighted by Crippen LogP contribution is 2.34. The van der Waals surface area contributed by atoms with E-state index in [0.717, 1.165) is 5.56 Å². The van der Waals surface area contributed by atoms with Gasteiger partial charge >= 0.3 is 0 Å². The molecule has 2 aliphatic rings. The fourth-order valence-electron chi connectivity index (χ4n) is 2.85. The maximum atomic E-state index is 10.3. The minimum Gasteiger partial charge on any atom is -0.388 e. The van der Waals surface area contributed by atoms with Gasteiger partial charge in [0, 0.05) is 11.6 Å². The lowest BCUT2D eigenvalue weighted by Gasteiger charge is -2.47. The van der Waals surface area contributed by atoms with E-state index in [4.69, 9.17) is 19.9 Å². The first kappa shape index (κ1) is 14.9. The van der Waals surface area contributed by atoms with Crippen LogP contribution in [0, 0.1) is 0 Å². The topological polar surface area (TPSA) is 94.2 Å². The Labute approximate surface area is 123 Å². The lowest BCUT2D eigenvalue weighted by atomic mass is 9.91. The molecule has 6 heteroatoms. The van der Waals surface area contributed by atoms with Crippen LogP contribution in [0.5, 0.6) is 0 Å². The van der Waals surface area contributed by atoms with Gasteiger partial charge in [-0.15, -0.1) is 0 Å². The van der Waals surface area contributed by atoms with Crippen LogP contribution in [0.1, 0.15) is 18.8 Å². The number of rotatable bonds is 2. The van der Waals surface area contributed by atoms with E-state index in [1.165, 1.54) is 0 Å². The molecular weight excluding hydrogens is 274 g/mol. The molecule has 1 unspecified atom stereocenters. The molecule has 0 saturated carbocycles. The van der Waals surface area contributed by atoms with Gasteiger partial charge in [-0.05, 0) is 6.92 Å². The van der Waals surface area contributed by atoms with E-state index >= 15 is 0 Å². The summed E-state index contributed by atoms with van der Waals surface area (Å²) in [5, 5.41) is 20.4. The van der Waals surface area contributed by atoms with Gasteiger partial charge in [-0.3, -0.25) is 0 Å². The summed E-state index contributed by atoms with van der Waals surface area (Å²) in [6.07, 6.45) is -4.37. The molecule has 7 atom stereocenters. The third-order valence-electron chi connectivity index (χ3n) is 4.00. The number of fused-ring (bicyclic) bond motifs is 1. The molecule has 6 nitrogen and oxygen atoms in total. The monoisotopic (exact) mass is 295 g/mol. The molecule has 2 fully saturated rings. The molecule has 21 heavy (non-hydrogen) atoms. The second-order valence-corrected chi connectivity index (χ2v) is 5.66. The maximum absolute atomic E-state index is 10.3. The van der Waals surface area contributed by atoms with Gasteiger partial charge in [0.15, 0.2) is 6.29 Å². The quantitative estimate of drug-likeness (QED) is 0.707. The minimum atomic E-state index is -1.07. The van der Waals surface area contributed by atoms with E-state index in [-0.39, 0.29) is 12.6 Å². The number of hydrogen-bond donors (Lipinski definition) is 3. The second kappa shape index (κ2) is 6.00. The largest absolute Gasteiger partial charge is 0.388 e. The van der Waals surface area contributed by atoms with Gasteiger partial charge in [0.25, 0.3) is 0 Å². The van der Waals surface area contributed by atoms with Crippen LogP contribution in [0.2, 0.25) is 0 Å². The summed E-state index contributed by atoms with van der Waals surface area (Å²) in [6.45, 7) is 2.02. The first-order valence-corrected chi connectivity index (χ1v) is 7.17. The third-order valence-corrected chi connectivity index (χ3v) is 4.00. The standard InChI is InChI=1S/C15H21NO5/c1-8(16)13-11(17)12(18)14-10(20-13)7-19-15(21-14)9-5-3-2-4-6-9/h2-6,8,10-15,17-18H,7,16H2,1H3/t8-,10+,11+,12+,13-,14+,15?/m0/s1. The molecule has 0 aliphatic carbocycles. The molecule has 4 N–H and O–H groups in total. The Morgan fingerprint density at radius 3 is 2.52 bits per heavy atom. The summed E-state index contributed by atoms with van der Waals surface area (Å²) in [6, 6.07) is 9.09. The molecular formula is C15H21NO5. The Kier molecular flexibility index (Phi) is 4.26. The summed E-state index contributed by atoms with van der Waals surface area (Å²) in [4.78, 5) is 0. The summed E-state index contributed by atoms with van der Waals surface area (Å²) < 4.78 is 17.2. The van der Waals surface area contributed by atoms with Crippen molar-refractivity contribution in [2.45, 2.75) is 49.8 Å². The van der Waals surface area contributed by atoms with Gasteiger partial charge in [-0.25, -0.2) is 0 Å². The highest BCUT2D eigenvalue weighted by atomic mass is 16.7. The van der Waals surface area contributed by atoms with Crippen LogP contribution in [0.15, 0.2) is 30.3 Å². The maximum Gasteiger partial charge on any atom is 0.184 e. The van der Waals surface area contributed by atoms with Crippen molar-refractivity contribution in [3.8, 4) is 0 Å². The van der Waals surface area contributed by atoms with E-state index in [2.05, 4.69) is 0 Å². The number of hydrogen-bond acceptors (Lipinski definition) is 6. The molecule has 2 heterocycles. The van der Waals surface area contributed by atoms with Crippen LogP contribution in [-0.2, 0) is 14.2 Å². The van der Waals surface area contributed by atoms with Gasteiger partial charge in [-0.2, -0.15) is 0 Å². The summed E-state index contributed by atoms with van der Waals surface area (Å²) >= 11 is 0. The molecule has 0 radical (unpaired) electrons. The lowest BCUT2D eigenvalue weighted by molar-refractivity contribution is -0.329. The number of ether oxygens (including phenoxy) is 3. The van der Waals surface area contributed by atoms with Crippen LogP contribution >= 0.6 is 0 Å². The SMILES string of the molecule is C[C@H](N)[C@@H]1O[C@@H]2COC(c3ccccc3)O[C@H]2[C@H](O)[C@H]1O. The number of nitrogens with two attached hydrogens (primary N) is 1. The second-order valence-electron chi connectivity index (χ2n) is 5.66. The van der Waals surface area contributed by atoms with Crippen molar-refractivity contribution >= 4 is 0 Å². The van der Waals surface area contributed by atoms with E-state index in [9.17, 15) is 10.2 Å². The smallest absolute Gasteiger partial charge is 0.184 e. The normalized spacial score (nSPS) is 41.3. The molecule has 0 spiro atoms. The van der Waals surface area contributed by atoms with Crippen molar-refractivity contribution in [3.63, 3.8) is 0 Å². The van der Waals surface area contributed by atoms with Crippen LogP contribution in [0.25, 0.3) is 0 Å². The van der Waals surface area contributed by atoms with E-state index in [0.29, 0.717) is 0 Å². The zero-order chi connectivity index (χ0) is 15.0. The van der Waals surface area contributed by atoms with E-state index in [1.807, 2.05) is 30.3 Å². The lowest BCUT2D eigenvalue weighted by Crippen LogP contribution is -2.64. The third kappa shape index (κ3) is 2.83. The zero-order valence-electron chi connectivity index (χ0n) is 11.8. The molecule has 0 amide bonds. The first-order chi connectivity index (χ1) is 10.1. The van der Waals surface area contributed by atoms with Gasteiger partial charge in [0.05, 0.1) is 6.61 Å². The fraction of sp³-hybridized carbons (Fsp3) is 0.600. The average molecular weight is 295 g/mol. The molecule has 0 aromatic heterocycles. The highest BCUT2D eigenvalue weighted by molar-refractivity contribution is 5.16. The fourth-order valence-corrected chi connectivity index (χ4v) is 2.85. The number of aliphatic hydroxyl groups excluding tert-OH is 2. The van der Waals surface area contributed by atoms with Crippen LogP contribution in [0.3, 0.4) is 0 Å². The van der Waals surface area contributed by atoms with Crippen molar-refractivity contribution in [1.82, 2.24) is 0 Å². The van der Waals surface area contributed by atoms with Crippen molar-refractivity contribution in [2.75, 3.05) is 6.61 Å². The van der Waals surface area contributed by atoms with Gasteiger partial charge in [0.2, 0.25) is 0 Å². The zero-order valence-corrected chi connectivity index (χ0v) is 11.8. The van der Waals surface area contributed by atoms with Crippen LogP contribution in [0.4, 0.5) is 0 Å². The molecule has 1 aromatic carbocycles. The highest BCUT2D eigenvalue weighted by Gasteiger charge is 2.49. The summed E-state index contributed by atoms with van der Waals surface area (Å²) in [7, 11) is 0. The molecule has 2 aliphatic heterocycles. The van der Waals surface area contributed by atoms with Gasteiger partial charge in [0.1, 0.15) is 30.5 Å². The summed E-state index contributed by atoms with van der Waals surface area (Å²) in [5.41, 5.74) is 6.65. The van der Waals surface area contributed by atoms with Gasteiger partial charge in [-0.1, -0.05) is 30.3 Å². The van der Waals surface area contributed by atoms with Crippen LogP contribution in [-0.4, -0.2) is 53.4 Å². The Morgan fingerprint density at radius 1 is 1.14 bits per heavy atom. The van der Waals surface area contributed by atoms with Gasteiger partial charge < -0.3 is 30.2 Å². The van der Waals surface area contributed by atoms with E-state index in [1.54, 1.807) is 6.92 Å². The van der Waals surface area contributed by atoms with Crippen molar-refractivity contribution in [2.24, 2.45) is 5.73 Å². The molecule has 0 bridgehead atoms. The Morgan fingerprint density at radius 2 is 1.86 bits per heavy atom. The van der Waals surface area contributed by atoms with Crippen LogP contribution < -0.4 is 5.73 Å². The molecule has 116 valence electrons. The van der Waals surface area contributed by atoms with Crippen molar-refractivity contribution in [3.05, 3.63) is 35.9 Å². The Bertz CT molecular complexity index is 466. The molecule has 1 aromatic rings. The Hall–Kier alpha value is -1.02. The predicted octanol–water partition coefficient (Wildman–Crippen LogP) is -0.0630. The molecule has 2 saturated heterocycles. The van der Waals surface area contributed by atoms with E-state index < -0.39 is 36.8 Å². The molecule has 3 rings (SSSR count). The number of aliphatic hydroxyl groups is 2.